The normalized spacial score (nSPS) is 15.8. The molecule has 0 unspecified atom stereocenters. The zero-order valence-corrected chi connectivity index (χ0v) is 13.4. The topological polar surface area (TPSA) is 76.1 Å². The Morgan fingerprint density at radius 2 is 1.83 bits per heavy atom. The fourth-order valence-corrected chi connectivity index (χ4v) is 3.01. The van der Waals surface area contributed by atoms with E-state index in [0.717, 1.165) is 0 Å². The quantitative estimate of drug-likeness (QED) is 0.934. The van der Waals surface area contributed by atoms with Gasteiger partial charge < -0.3 is 19.5 Å². The summed E-state index contributed by atoms with van der Waals surface area (Å²) < 4.78 is 10.6. The van der Waals surface area contributed by atoms with Crippen molar-refractivity contribution in [3.63, 3.8) is 0 Å². The minimum absolute atomic E-state index is 0.0911. The Morgan fingerprint density at radius 3 is 2.50 bits per heavy atom. The summed E-state index contributed by atoms with van der Waals surface area (Å²) in [5, 5.41) is 9.43. The van der Waals surface area contributed by atoms with Crippen molar-refractivity contribution in [3.8, 4) is 11.5 Å². The first kappa shape index (κ1) is 15.9. The predicted molar refractivity (Wildman–Crippen MR) is 88.0 cm³/mol. The average Bonchev–Trinajstić information content (AvgIpc) is 3.00. The number of aliphatic carboxylic acids is 1. The standard InChI is InChI=1S/C18H17NO5/c1-23-15-9-5-7-12(16(15)24-2)17(20)19-10-13(18(21)22)11-6-3-4-8-14(11)19/h3-9,13H,10H2,1-2H3,(H,21,22)/t13-/m0/s1. The van der Waals surface area contributed by atoms with Crippen LogP contribution >= 0.6 is 0 Å². The number of carbonyl (C=O) groups excluding carboxylic acids is 1. The van der Waals surface area contributed by atoms with Crippen molar-refractivity contribution in [2.24, 2.45) is 0 Å². The molecule has 0 aromatic heterocycles. The van der Waals surface area contributed by atoms with Crippen LogP contribution in [0.3, 0.4) is 0 Å². The van der Waals surface area contributed by atoms with Crippen LogP contribution in [-0.4, -0.2) is 37.7 Å². The number of hydrogen-bond acceptors (Lipinski definition) is 4. The second-order valence-corrected chi connectivity index (χ2v) is 5.41. The lowest BCUT2D eigenvalue weighted by atomic mass is 10.0. The highest BCUT2D eigenvalue weighted by atomic mass is 16.5. The summed E-state index contributed by atoms with van der Waals surface area (Å²) >= 11 is 0. The molecule has 1 amide bonds. The Balaban J connectivity index is 2.05. The predicted octanol–water partition coefficient (Wildman–Crippen LogP) is 2.53. The number of carbonyl (C=O) groups is 2. The number of rotatable bonds is 4. The lowest BCUT2D eigenvalue weighted by Gasteiger charge is -2.20. The van der Waals surface area contributed by atoms with Crippen LogP contribution in [0.2, 0.25) is 0 Å². The van der Waals surface area contributed by atoms with Gasteiger partial charge in [-0.25, -0.2) is 0 Å². The van der Waals surface area contributed by atoms with Gasteiger partial charge >= 0.3 is 5.97 Å². The molecule has 0 saturated heterocycles. The van der Waals surface area contributed by atoms with Gasteiger partial charge in [-0.15, -0.1) is 0 Å². The minimum Gasteiger partial charge on any atom is -0.493 e. The fraction of sp³-hybridized carbons (Fsp3) is 0.222. The molecule has 1 aliphatic heterocycles. The van der Waals surface area contributed by atoms with E-state index in [1.165, 1.54) is 19.1 Å². The third-order valence-corrected chi connectivity index (χ3v) is 4.14. The van der Waals surface area contributed by atoms with Gasteiger partial charge in [0.15, 0.2) is 11.5 Å². The van der Waals surface area contributed by atoms with Crippen LogP contribution in [0.5, 0.6) is 11.5 Å². The summed E-state index contributed by atoms with van der Waals surface area (Å²) in [5.74, 6) is -1.22. The molecule has 1 N–H and O–H groups in total. The van der Waals surface area contributed by atoms with Gasteiger partial charge in [-0.1, -0.05) is 24.3 Å². The van der Waals surface area contributed by atoms with E-state index >= 15 is 0 Å². The van der Waals surface area contributed by atoms with E-state index in [2.05, 4.69) is 0 Å². The van der Waals surface area contributed by atoms with Crippen LogP contribution < -0.4 is 14.4 Å². The molecule has 0 radical (unpaired) electrons. The van der Waals surface area contributed by atoms with E-state index in [1.54, 1.807) is 42.5 Å². The summed E-state index contributed by atoms with van der Waals surface area (Å²) in [5.41, 5.74) is 1.58. The molecule has 124 valence electrons. The summed E-state index contributed by atoms with van der Waals surface area (Å²) in [4.78, 5) is 26.0. The lowest BCUT2D eigenvalue weighted by molar-refractivity contribution is -0.138. The van der Waals surface area contributed by atoms with Crippen molar-refractivity contribution >= 4 is 17.6 Å². The Kier molecular flexibility index (Phi) is 4.12. The van der Waals surface area contributed by atoms with E-state index in [9.17, 15) is 14.7 Å². The molecule has 1 aliphatic rings. The molecule has 0 bridgehead atoms. The number of ether oxygens (including phenoxy) is 2. The van der Waals surface area contributed by atoms with E-state index in [0.29, 0.717) is 28.3 Å². The average molecular weight is 327 g/mol. The molecule has 0 fully saturated rings. The Hall–Kier alpha value is -3.02. The monoisotopic (exact) mass is 327 g/mol. The lowest BCUT2D eigenvalue weighted by Crippen LogP contribution is -2.31. The number of para-hydroxylation sites is 2. The number of fused-ring (bicyclic) bond motifs is 1. The molecule has 1 atom stereocenters. The van der Waals surface area contributed by atoms with Crippen LogP contribution in [0.4, 0.5) is 5.69 Å². The maximum atomic E-state index is 13.0. The van der Waals surface area contributed by atoms with Crippen molar-refractivity contribution in [2.45, 2.75) is 5.92 Å². The maximum absolute atomic E-state index is 13.0. The molecule has 6 heteroatoms. The van der Waals surface area contributed by atoms with Crippen LogP contribution in [0.25, 0.3) is 0 Å². The number of methoxy groups -OCH3 is 2. The van der Waals surface area contributed by atoms with Crippen LogP contribution in [0.1, 0.15) is 21.8 Å². The number of amides is 1. The van der Waals surface area contributed by atoms with Gasteiger partial charge in [-0.2, -0.15) is 0 Å². The summed E-state index contributed by atoms with van der Waals surface area (Å²) in [6.07, 6.45) is 0. The molecule has 1 heterocycles. The van der Waals surface area contributed by atoms with Crippen LogP contribution in [0, 0.1) is 0 Å². The van der Waals surface area contributed by atoms with Crippen molar-refractivity contribution in [3.05, 3.63) is 53.6 Å². The first-order valence-electron chi connectivity index (χ1n) is 7.43. The second kappa shape index (κ2) is 6.23. The molecular weight excluding hydrogens is 310 g/mol. The maximum Gasteiger partial charge on any atom is 0.312 e. The van der Waals surface area contributed by atoms with Gasteiger partial charge in [0, 0.05) is 12.2 Å². The third kappa shape index (κ3) is 2.46. The van der Waals surface area contributed by atoms with Crippen molar-refractivity contribution < 1.29 is 24.2 Å². The number of carboxylic acid groups (broad SMARTS) is 1. The summed E-state index contributed by atoms with van der Waals surface area (Å²) in [7, 11) is 2.96. The Bertz CT molecular complexity index is 802. The number of anilines is 1. The first-order valence-corrected chi connectivity index (χ1v) is 7.43. The number of benzene rings is 2. The van der Waals surface area contributed by atoms with Crippen LogP contribution in [0.15, 0.2) is 42.5 Å². The SMILES string of the molecule is COc1cccc(C(=O)N2C[C@H](C(=O)O)c3ccccc32)c1OC. The summed E-state index contributed by atoms with van der Waals surface area (Å²) in [6, 6.07) is 12.1. The minimum atomic E-state index is -0.949. The van der Waals surface area contributed by atoms with Crippen LogP contribution in [-0.2, 0) is 4.79 Å². The highest BCUT2D eigenvalue weighted by Crippen LogP contribution is 2.39. The zero-order chi connectivity index (χ0) is 17.3. The van der Waals surface area contributed by atoms with Gasteiger partial charge in [0.05, 0.1) is 19.8 Å². The highest BCUT2D eigenvalue weighted by molar-refractivity contribution is 6.10. The molecular formula is C18H17NO5. The van der Waals surface area contributed by atoms with Gasteiger partial charge in [0.25, 0.3) is 5.91 Å². The molecule has 2 aromatic carbocycles. The van der Waals surface area contributed by atoms with Crippen molar-refractivity contribution in [2.75, 3.05) is 25.7 Å². The Labute approximate surface area is 139 Å². The van der Waals surface area contributed by atoms with E-state index in [-0.39, 0.29) is 12.5 Å². The van der Waals surface area contributed by atoms with Gasteiger partial charge in [-0.05, 0) is 23.8 Å². The van der Waals surface area contributed by atoms with Gasteiger partial charge in [0.1, 0.15) is 5.92 Å². The molecule has 2 aromatic rings. The second-order valence-electron chi connectivity index (χ2n) is 5.41. The van der Waals surface area contributed by atoms with Gasteiger partial charge in [-0.3, -0.25) is 9.59 Å². The van der Waals surface area contributed by atoms with Crippen molar-refractivity contribution in [1.82, 2.24) is 0 Å². The van der Waals surface area contributed by atoms with E-state index in [1.807, 2.05) is 0 Å². The zero-order valence-electron chi connectivity index (χ0n) is 13.4. The summed E-state index contributed by atoms with van der Waals surface area (Å²) in [6.45, 7) is 0.0911. The van der Waals surface area contributed by atoms with Crippen molar-refractivity contribution in [1.29, 1.82) is 0 Å². The molecule has 0 aliphatic carbocycles. The fourth-order valence-electron chi connectivity index (χ4n) is 3.01. The number of nitrogens with zero attached hydrogens (tertiary/aromatic N) is 1. The largest absolute Gasteiger partial charge is 0.493 e. The molecule has 0 saturated carbocycles. The third-order valence-electron chi connectivity index (χ3n) is 4.14. The molecule has 0 spiro atoms. The highest BCUT2D eigenvalue weighted by Gasteiger charge is 2.37. The molecule has 3 rings (SSSR count). The van der Waals surface area contributed by atoms with E-state index < -0.39 is 11.9 Å². The molecule has 24 heavy (non-hydrogen) atoms. The Morgan fingerprint density at radius 1 is 1.08 bits per heavy atom. The first-order chi connectivity index (χ1) is 11.6. The van der Waals surface area contributed by atoms with E-state index in [4.69, 9.17) is 9.47 Å². The smallest absolute Gasteiger partial charge is 0.312 e. The number of hydrogen-bond donors (Lipinski definition) is 1. The molecule has 6 nitrogen and oxygen atoms in total. The number of carboxylic acids is 1. The van der Waals surface area contributed by atoms with Gasteiger partial charge in [0.2, 0.25) is 0 Å².